The van der Waals surface area contributed by atoms with E-state index in [0.717, 1.165) is 12.8 Å². The van der Waals surface area contributed by atoms with Gasteiger partial charge in [-0.3, -0.25) is 4.79 Å². The van der Waals surface area contributed by atoms with E-state index in [9.17, 15) is 4.79 Å². The van der Waals surface area contributed by atoms with Crippen LogP contribution in [0.3, 0.4) is 0 Å². The summed E-state index contributed by atoms with van der Waals surface area (Å²) >= 11 is 1.74. The molecule has 4 aliphatic rings. The lowest BCUT2D eigenvalue weighted by atomic mass is 9.47. The molecule has 2 nitrogen and oxygen atoms in total. The molecule has 2 heterocycles. The number of ether oxygens (including phenoxy) is 1. The predicted octanol–water partition coefficient (Wildman–Crippen LogP) is 4.40. The molecule has 2 aliphatic heterocycles. The second-order valence-corrected chi connectivity index (χ2v) is 8.14. The van der Waals surface area contributed by atoms with Crippen molar-refractivity contribution in [1.29, 1.82) is 0 Å². The van der Waals surface area contributed by atoms with E-state index in [-0.39, 0.29) is 16.3 Å². The lowest BCUT2D eigenvalue weighted by Gasteiger charge is -2.60. The zero-order valence-corrected chi connectivity index (χ0v) is 13.6. The van der Waals surface area contributed by atoms with E-state index in [1.54, 1.807) is 11.8 Å². The molecule has 0 unspecified atom stereocenters. The van der Waals surface area contributed by atoms with Crippen LogP contribution >= 0.6 is 11.8 Å². The third-order valence-electron chi connectivity index (χ3n) is 5.89. The van der Waals surface area contributed by atoms with Crippen LogP contribution in [-0.4, -0.2) is 10.7 Å². The predicted molar refractivity (Wildman–Crippen MR) is 90.1 cm³/mol. The van der Waals surface area contributed by atoms with Gasteiger partial charge in [0.1, 0.15) is 10.3 Å². The SMILES string of the molecule is O=C1OC2(c3ccccc3)[C@H]3CCC[C@H]2C13Sc1ccccc1. The fourth-order valence-electron chi connectivity index (χ4n) is 5.10. The highest BCUT2D eigenvalue weighted by Crippen LogP contribution is 2.77. The summed E-state index contributed by atoms with van der Waals surface area (Å²) in [5, 5.41) is 0. The Bertz CT molecular complexity index is 744. The molecular weight excluding hydrogens is 304 g/mol. The van der Waals surface area contributed by atoms with Crippen LogP contribution in [0.1, 0.15) is 24.8 Å². The topological polar surface area (TPSA) is 26.3 Å². The summed E-state index contributed by atoms with van der Waals surface area (Å²) in [6.45, 7) is 0. The van der Waals surface area contributed by atoms with E-state index in [2.05, 4.69) is 36.4 Å². The Kier molecular flexibility index (Phi) is 2.76. The Labute approximate surface area is 140 Å². The Morgan fingerprint density at radius 3 is 2.17 bits per heavy atom. The van der Waals surface area contributed by atoms with Gasteiger partial charge >= 0.3 is 5.97 Å². The summed E-state index contributed by atoms with van der Waals surface area (Å²) in [5.41, 5.74) is 0.822. The molecule has 3 heteroatoms. The Morgan fingerprint density at radius 1 is 0.913 bits per heavy atom. The van der Waals surface area contributed by atoms with Crippen molar-refractivity contribution in [3.63, 3.8) is 0 Å². The van der Waals surface area contributed by atoms with E-state index in [4.69, 9.17) is 4.74 Å². The van der Waals surface area contributed by atoms with Gasteiger partial charge in [0.15, 0.2) is 0 Å². The molecular formula is C20H18O2S. The maximum atomic E-state index is 12.9. The van der Waals surface area contributed by atoms with Crippen LogP contribution in [0, 0.1) is 11.8 Å². The molecule has 2 saturated carbocycles. The zero-order chi connectivity index (χ0) is 15.5. The highest BCUT2D eigenvalue weighted by Gasteiger charge is 2.84. The minimum absolute atomic E-state index is 0.00454. The van der Waals surface area contributed by atoms with Crippen molar-refractivity contribution in [3.05, 3.63) is 66.2 Å². The number of esters is 1. The molecule has 2 atom stereocenters. The van der Waals surface area contributed by atoms with Crippen LogP contribution in [-0.2, 0) is 15.1 Å². The number of thioether (sulfide) groups is 1. The summed E-state index contributed by atoms with van der Waals surface area (Å²) in [7, 11) is 0. The maximum absolute atomic E-state index is 12.9. The number of hydrogen-bond donors (Lipinski definition) is 0. The van der Waals surface area contributed by atoms with Crippen molar-refractivity contribution in [3.8, 4) is 0 Å². The van der Waals surface area contributed by atoms with Gasteiger partial charge in [-0.05, 0) is 30.5 Å². The van der Waals surface area contributed by atoms with Gasteiger partial charge in [-0.1, -0.05) is 55.0 Å². The number of benzene rings is 2. The molecule has 0 amide bonds. The first-order valence-electron chi connectivity index (χ1n) is 8.31. The molecule has 0 aromatic heterocycles. The molecule has 0 N–H and O–H groups in total. The van der Waals surface area contributed by atoms with Crippen molar-refractivity contribution in [2.45, 2.75) is 34.5 Å². The third-order valence-corrected chi connectivity index (χ3v) is 7.47. The standard InChI is InChI=1S/C20H18O2S/c21-18-20(23-15-10-5-2-6-11-15)16-12-7-13-17(20)19(16,22-18)14-8-3-1-4-9-14/h1-6,8-11,16-17H,7,12-13H2/t16-,17-,19?,20?/m1/s1. The lowest BCUT2D eigenvalue weighted by molar-refractivity contribution is -0.154. The van der Waals surface area contributed by atoms with E-state index < -0.39 is 0 Å². The molecule has 2 aliphatic carbocycles. The largest absolute Gasteiger partial charge is 0.452 e. The van der Waals surface area contributed by atoms with E-state index in [1.807, 2.05) is 24.3 Å². The monoisotopic (exact) mass is 322 g/mol. The van der Waals surface area contributed by atoms with Crippen molar-refractivity contribution in [1.82, 2.24) is 0 Å². The van der Waals surface area contributed by atoms with Crippen LogP contribution in [0.25, 0.3) is 0 Å². The average Bonchev–Trinajstić information content (AvgIpc) is 3.03. The third kappa shape index (κ3) is 1.54. The fourth-order valence-corrected chi connectivity index (χ4v) is 6.78. The van der Waals surface area contributed by atoms with Gasteiger partial charge in [0, 0.05) is 16.7 Å². The Morgan fingerprint density at radius 2 is 1.52 bits per heavy atom. The molecule has 4 bridgehead atoms. The average molecular weight is 322 g/mol. The molecule has 0 radical (unpaired) electrons. The highest BCUT2D eigenvalue weighted by atomic mass is 32.2. The van der Waals surface area contributed by atoms with Gasteiger partial charge in [-0.15, -0.1) is 11.8 Å². The molecule has 2 saturated heterocycles. The first-order chi connectivity index (χ1) is 11.3. The maximum Gasteiger partial charge on any atom is 0.324 e. The van der Waals surface area contributed by atoms with Gasteiger partial charge in [0.05, 0.1) is 0 Å². The van der Waals surface area contributed by atoms with Crippen molar-refractivity contribution in [2.24, 2.45) is 11.8 Å². The number of carbonyl (C=O) groups is 1. The van der Waals surface area contributed by atoms with Gasteiger partial charge in [-0.25, -0.2) is 0 Å². The molecule has 0 spiro atoms. The van der Waals surface area contributed by atoms with Crippen molar-refractivity contribution in [2.75, 3.05) is 0 Å². The quantitative estimate of drug-likeness (QED) is 0.784. The summed E-state index contributed by atoms with van der Waals surface area (Å²) in [6, 6.07) is 20.7. The van der Waals surface area contributed by atoms with E-state index >= 15 is 0 Å². The molecule has 4 fully saturated rings. The molecule has 2 aromatic rings. The zero-order valence-electron chi connectivity index (χ0n) is 12.8. The normalized spacial score (nSPS) is 37.1. The fraction of sp³-hybridized carbons (Fsp3) is 0.350. The van der Waals surface area contributed by atoms with Crippen molar-refractivity contribution < 1.29 is 9.53 Å². The number of hydrogen-bond acceptors (Lipinski definition) is 3. The molecule has 23 heavy (non-hydrogen) atoms. The van der Waals surface area contributed by atoms with Crippen LogP contribution in [0.15, 0.2) is 65.6 Å². The molecule has 2 aromatic carbocycles. The van der Waals surface area contributed by atoms with Gasteiger partial charge in [0.2, 0.25) is 0 Å². The molecule has 6 rings (SSSR count). The number of carbonyl (C=O) groups excluding carboxylic acids is 1. The first-order valence-corrected chi connectivity index (χ1v) is 9.13. The number of fused-ring (bicyclic) bond motifs is 1. The van der Waals surface area contributed by atoms with Gasteiger partial charge in [-0.2, -0.15) is 0 Å². The summed E-state index contributed by atoms with van der Waals surface area (Å²) in [6.07, 6.45) is 3.37. The summed E-state index contributed by atoms with van der Waals surface area (Å²) in [5.74, 6) is 0.604. The van der Waals surface area contributed by atoms with Gasteiger partial charge < -0.3 is 4.74 Å². The smallest absolute Gasteiger partial charge is 0.324 e. The van der Waals surface area contributed by atoms with Crippen LogP contribution in [0.2, 0.25) is 0 Å². The van der Waals surface area contributed by atoms with Crippen LogP contribution < -0.4 is 0 Å². The second-order valence-electron chi connectivity index (χ2n) is 6.79. The Balaban J connectivity index is 1.59. The van der Waals surface area contributed by atoms with E-state index in [0.29, 0.717) is 11.8 Å². The molecule has 116 valence electrons. The minimum Gasteiger partial charge on any atom is -0.452 e. The highest BCUT2D eigenvalue weighted by molar-refractivity contribution is 8.01. The Hall–Kier alpha value is -1.74. The number of rotatable bonds is 3. The second kappa shape index (κ2) is 4.64. The van der Waals surface area contributed by atoms with Crippen molar-refractivity contribution >= 4 is 17.7 Å². The summed E-state index contributed by atoms with van der Waals surface area (Å²) < 4.78 is 5.73. The van der Waals surface area contributed by atoms with Crippen LogP contribution in [0.5, 0.6) is 0 Å². The van der Waals surface area contributed by atoms with Gasteiger partial charge in [0.25, 0.3) is 0 Å². The van der Waals surface area contributed by atoms with Crippen LogP contribution in [0.4, 0.5) is 0 Å². The summed E-state index contributed by atoms with van der Waals surface area (Å²) in [4.78, 5) is 14.1. The van der Waals surface area contributed by atoms with E-state index in [1.165, 1.54) is 16.9 Å². The lowest BCUT2D eigenvalue weighted by Crippen LogP contribution is -2.67. The minimum atomic E-state index is -0.366. The first kappa shape index (κ1) is 13.7.